The number of para-hydroxylation sites is 1. The molecule has 20 heavy (non-hydrogen) atoms. The highest BCUT2D eigenvalue weighted by Crippen LogP contribution is 2.28. The van der Waals surface area contributed by atoms with Gasteiger partial charge in [0.2, 0.25) is 0 Å². The van der Waals surface area contributed by atoms with Gasteiger partial charge in [0.1, 0.15) is 5.54 Å². The average molecular weight is 276 g/mol. The van der Waals surface area contributed by atoms with Crippen LogP contribution in [0.15, 0.2) is 24.3 Å². The van der Waals surface area contributed by atoms with Crippen LogP contribution in [0.5, 0.6) is 0 Å². The van der Waals surface area contributed by atoms with Crippen LogP contribution in [0.2, 0.25) is 0 Å². The van der Waals surface area contributed by atoms with Crippen molar-refractivity contribution in [3.05, 3.63) is 29.8 Å². The molecule has 0 aliphatic carbocycles. The van der Waals surface area contributed by atoms with Gasteiger partial charge in [-0.2, -0.15) is 0 Å². The molecule has 1 aliphatic heterocycles. The van der Waals surface area contributed by atoms with Crippen molar-refractivity contribution in [1.82, 2.24) is 5.32 Å². The van der Waals surface area contributed by atoms with Crippen molar-refractivity contribution >= 4 is 11.7 Å². The molecule has 0 radical (unpaired) electrons. The normalized spacial score (nSPS) is 16.6. The Morgan fingerprint density at radius 2 is 2.20 bits per heavy atom. The van der Waals surface area contributed by atoms with Crippen LogP contribution in [-0.2, 0) is 16.0 Å². The number of likely N-dealkylation sites (N-methyl/N-ethyl adjacent to an activating group) is 1. The number of anilines is 1. The maximum absolute atomic E-state index is 11.8. The van der Waals surface area contributed by atoms with Gasteiger partial charge in [-0.15, -0.1) is 0 Å². The molecular weight excluding hydrogens is 252 g/mol. The number of benzene rings is 1. The Balaban J connectivity index is 1.89. The Bertz CT molecular complexity index is 475. The lowest BCUT2D eigenvalue weighted by molar-refractivity contribution is -0.148. The van der Waals surface area contributed by atoms with Crippen LogP contribution >= 0.6 is 0 Å². The second-order valence-corrected chi connectivity index (χ2v) is 5.54. The van der Waals surface area contributed by atoms with Gasteiger partial charge in [-0.3, -0.25) is 4.79 Å². The van der Waals surface area contributed by atoms with Gasteiger partial charge in [0, 0.05) is 18.8 Å². The molecule has 1 N–H and O–H groups in total. The number of rotatable bonds is 6. The zero-order valence-electron chi connectivity index (χ0n) is 12.6. The predicted molar refractivity (Wildman–Crippen MR) is 81.1 cm³/mol. The van der Waals surface area contributed by atoms with Crippen molar-refractivity contribution in [2.24, 2.45) is 0 Å². The maximum Gasteiger partial charge on any atom is 0.325 e. The topological polar surface area (TPSA) is 41.6 Å². The van der Waals surface area contributed by atoms with Crippen LogP contribution in [0.4, 0.5) is 5.69 Å². The van der Waals surface area contributed by atoms with Crippen molar-refractivity contribution < 1.29 is 9.53 Å². The maximum atomic E-state index is 11.8. The van der Waals surface area contributed by atoms with Crippen molar-refractivity contribution in [3.8, 4) is 0 Å². The number of ether oxygens (including phenoxy) is 1. The van der Waals surface area contributed by atoms with Gasteiger partial charge in [0.15, 0.2) is 0 Å². The summed E-state index contributed by atoms with van der Waals surface area (Å²) in [6, 6.07) is 8.56. The summed E-state index contributed by atoms with van der Waals surface area (Å²) < 4.78 is 4.87. The van der Waals surface area contributed by atoms with Crippen molar-refractivity contribution in [2.75, 3.05) is 32.1 Å². The number of hydrogen-bond donors (Lipinski definition) is 1. The Kier molecular flexibility index (Phi) is 4.65. The third-order valence-corrected chi connectivity index (χ3v) is 4.28. The summed E-state index contributed by atoms with van der Waals surface area (Å²) in [6.07, 6.45) is 2.85. The molecule has 1 unspecified atom stereocenters. The molecule has 1 aromatic rings. The first-order chi connectivity index (χ1) is 9.60. The number of nitrogens with one attached hydrogen (secondary N) is 1. The van der Waals surface area contributed by atoms with Gasteiger partial charge in [-0.05, 0) is 44.9 Å². The molecule has 1 heterocycles. The summed E-state index contributed by atoms with van der Waals surface area (Å²) in [5.74, 6) is -0.193. The van der Waals surface area contributed by atoms with E-state index >= 15 is 0 Å². The van der Waals surface area contributed by atoms with Crippen LogP contribution in [0.25, 0.3) is 0 Å². The third kappa shape index (κ3) is 2.96. The van der Waals surface area contributed by atoms with Crippen LogP contribution in [-0.4, -0.2) is 38.8 Å². The minimum absolute atomic E-state index is 0.193. The van der Waals surface area contributed by atoms with Crippen molar-refractivity contribution in [1.29, 1.82) is 0 Å². The van der Waals surface area contributed by atoms with Gasteiger partial charge in [-0.25, -0.2) is 0 Å². The first kappa shape index (κ1) is 14.9. The van der Waals surface area contributed by atoms with Crippen LogP contribution in [0.3, 0.4) is 0 Å². The quantitative estimate of drug-likeness (QED) is 0.807. The Labute approximate surface area is 121 Å². The molecule has 0 saturated heterocycles. The van der Waals surface area contributed by atoms with E-state index in [1.165, 1.54) is 18.4 Å². The zero-order valence-corrected chi connectivity index (χ0v) is 12.6. The summed E-state index contributed by atoms with van der Waals surface area (Å²) in [5, 5.41) is 3.08. The summed E-state index contributed by atoms with van der Waals surface area (Å²) in [6.45, 7) is 3.95. The molecule has 0 amide bonds. The van der Waals surface area contributed by atoms with E-state index in [0.29, 0.717) is 0 Å². The molecule has 2 rings (SSSR count). The first-order valence-corrected chi connectivity index (χ1v) is 7.21. The Hall–Kier alpha value is -1.55. The summed E-state index contributed by atoms with van der Waals surface area (Å²) in [4.78, 5) is 14.2. The van der Waals surface area contributed by atoms with E-state index in [4.69, 9.17) is 4.74 Å². The molecule has 1 aromatic carbocycles. The molecule has 4 nitrogen and oxygen atoms in total. The van der Waals surface area contributed by atoms with E-state index in [2.05, 4.69) is 34.5 Å². The second-order valence-electron chi connectivity index (χ2n) is 5.54. The lowest BCUT2D eigenvalue weighted by Crippen LogP contribution is -2.48. The second kappa shape index (κ2) is 6.27. The van der Waals surface area contributed by atoms with Gasteiger partial charge < -0.3 is 15.0 Å². The first-order valence-electron chi connectivity index (χ1n) is 7.21. The number of hydrogen-bond acceptors (Lipinski definition) is 4. The summed E-state index contributed by atoms with van der Waals surface area (Å²) in [5.41, 5.74) is 2.18. The van der Waals surface area contributed by atoms with Crippen molar-refractivity contribution in [3.63, 3.8) is 0 Å². The third-order valence-electron chi connectivity index (χ3n) is 4.28. The fourth-order valence-corrected chi connectivity index (χ4v) is 2.82. The smallest absolute Gasteiger partial charge is 0.325 e. The number of esters is 1. The molecule has 0 spiro atoms. The van der Waals surface area contributed by atoms with Gasteiger partial charge in [0.05, 0.1) is 7.11 Å². The molecule has 1 atom stereocenters. The summed E-state index contributed by atoms with van der Waals surface area (Å²) in [7, 11) is 3.25. The van der Waals surface area contributed by atoms with E-state index in [1.807, 2.05) is 14.0 Å². The zero-order chi connectivity index (χ0) is 14.6. The molecule has 0 aromatic heterocycles. The highest BCUT2D eigenvalue weighted by atomic mass is 16.5. The van der Waals surface area contributed by atoms with E-state index in [-0.39, 0.29) is 5.97 Å². The van der Waals surface area contributed by atoms with E-state index in [9.17, 15) is 4.79 Å². The number of carbonyl (C=O) groups is 1. The van der Waals surface area contributed by atoms with E-state index in [1.54, 1.807) is 0 Å². The number of methoxy groups -OCH3 is 1. The molecule has 4 heteroatoms. The molecular formula is C16H24N2O2. The van der Waals surface area contributed by atoms with Gasteiger partial charge in [-0.1, -0.05) is 18.2 Å². The lowest BCUT2D eigenvalue weighted by atomic mass is 9.96. The highest BCUT2D eigenvalue weighted by Gasteiger charge is 2.32. The van der Waals surface area contributed by atoms with E-state index in [0.717, 1.165) is 32.4 Å². The van der Waals surface area contributed by atoms with Gasteiger partial charge in [0.25, 0.3) is 0 Å². The largest absolute Gasteiger partial charge is 0.468 e. The molecule has 0 bridgehead atoms. The van der Waals surface area contributed by atoms with Crippen LogP contribution in [0.1, 0.15) is 25.3 Å². The van der Waals surface area contributed by atoms with Gasteiger partial charge >= 0.3 is 5.97 Å². The lowest BCUT2D eigenvalue weighted by Gasteiger charge is -2.27. The molecule has 1 aliphatic rings. The predicted octanol–water partition coefficient (Wildman–Crippen LogP) is 1.98. The highest BCUT2D eigenvalue weighted by molar-refractivity contribution is 5.80. The minimum atomic E-state index is -0.589. The minimum Gasteiger partial charge on any atom is -0.468 e. The van der Waals surface area contributed by atoms with Crippen molar-refractivity contribution in [2.45, 2.75) is 31.7 Å². The fraction of sp³-hybridized carbons (Fsp3) is 0.562. The number of carbonyl (C=O) groups excluding carboxylic acids is 1. The fourth-order valence-electron chi connectivity index (χ4n) is 2.82. The Morgan fingerprint density at radius 1 is 1.45 bits per heavy atom. The molecule has 0 fully saturated rings. The molecule has 0 saturated carbocycles. The number of nitrogens with zero attached hydrogens (tertiary/aromatic N) is 1. The standard InChI is InChI=1S/C16H24N2O2/c1-16(17-2,15(19)20-3)10-6-11-18-12-9-13-7-4-5-8-14(13)18/h4-5,7-8,17H,6,9-12H2,1-3H3. The monoisotopic (exact) mass is 276 g/mol. The number of fused-ring (bicyclic) bond motifs is 1. The van der Waals surface area contributed by atoms with Crippen LogP contribution < -0.4 is 10.2 Å². The summed E-state index contributed by atoms with van der Waals surface area (Å²) >= 11 is 0. The average Bonchev–Trinajstić information content (AvgIpc) is 2.89. The Morgan fingerprint density at radius 3 is 2.90 bits per heavy atom. The SMILES string of the molecule is CNC(C)(CCCN1CCc2ccccc21)C(=O)OC. The van der Waals surface area contributed by atoms with E-state index < -0.39 is 5.54 Å². The van der Waals surface area contributed by atoms with Crippen LogP contribution in [0, 0.1) is 0 Å². The molecule has 110 valence electrons.